The Labute approximate surface area is 118 Å². The summed E-state index contributed by atoms with van der Waals surface area (Å²) in [5.74, 6) is 0.736. The maximum atomic E-state index is 5.91. The lowest BCUT2D eigenvalue weighted by molar-refractivity contribution is 0.535. The molecule has 0 bridgehead atoms. The molecule has 0 spiro atoms. The largest absolute Gasteiger partial charge is 0.316 e. The van der Waals surface area contributed by atoms with E-state index in [-0.39, 0.29) is 0 Å². The van der Waals surface area contributed by atoms with E-state index < -0.39 is 0 Å². The first-order valence-corrected chi connectivity index (χ1v) is 7.41. The molecular formula is C14H21BrClN. The minimum Gasteiger partial charge on any atom is -0.316 e. The van der Waals surface area contributed by atoms with Gasteiger partial charge < -0.3 is 5.32 Å². The zero-order valence-electron chi connectivity index (χ0n) is 10.6. The predicted octanol–water partition coefficient (Wildman–Crippen LogP) is 4.67. The summed E-state index contributed by atoms with van der Waals surface area (Å²) >= 11 is 9.46. The summed E-state index contributed by atoms with van der Waals surface area (Å²) in [6.07, 6.45) is 3.55. The molecule has 0 atom stereocenters. The van der Waals surface area contributed by atoms with Crippen LogP contribution in [0.5, 0.6) is 0 Å². The van der Waals surface area contributed by atoms with Crippen molar-refractivity contribution in [1.82, 2.24) is 5.32 Å². The Morgan fingerprint density at radius 2 is 2.06 bits per heavy atom. The molecule has 1 nitrogen and oxygen atoms in total. The third-order valence-electron chi connectivity index (χ3n) is 2.62. The van der Waals surface area contributed by atoms with Crippen LogP contribution in [0, 0.1) is 5.92 Å². The lowest BCUT2D eigenvalue weighted by Gasteiger charge is -2.08. The van der Waals surface area contributed by atoms with Gasteiger partial charge in [-0.1, -0.05) is 47.4 Å². The molecule has 0 aliphatic heterocycles. The number of halogens is 2. The average molecular weight is 319 g/mol. The van der Waals surface area contributed by atoms with E-state index in [1.165, 1.54) is 18.4 Å². The molecule has 0 amide bonds. The van der Waals surface area contributed by atoms with Crippen LogP contribution in [0.2, 0.25) is 5.02 Å². The van der Waals surface area contributed by atoms with Crippen LogP contribution in [-0.4, -0.2) is 13.1 Å². The first-order chi connectivity index (χ1) is 8.09. The number of aryl methyl sites for hydroxylation is 1. The Bertz CT molecular complexity index is 339. The molecule has 96 valence electrons. The topological polar surface area (TPSA) is 12.0 Å². The van der Waals surface area contributed by atoms with Crippen LogP contribution >= 0.6 is 27.5 Å². The second-order valence-electron chi connectivity index (χ2n) is 4.79. The van der Waals surface area contributed by atoms with Crippen molar-refractivity contribution in [2.45, 2.75) is 33.1 Å². The highest BCUT2D eigenvalue weighted by atomic mass is 79.9. The van der Waals surface area contributed by atoms with Gasteiger partial charge in [0.2, 0.25) is 0 Å². The third-order valence-corrected chi connectivity index (χ3v) is 3.59. The molecule has 0 fully saturated rings. The van der Waals surface area contributed by atoms with E-state index in [2.05, 4.69) is 41.2 Å². The van der Waals surface area contributed by atoms with Crippen LogP contribution in [0.25, 0.3) is 0 Å². The molecular weight excluding hydrogens is 298 g/mol. The van der Waals surface area contributed by atoms with Gasteiger partial charge in [0, 0.05) is 9.50 Å². The van der Waals surface area contributed by atoms with E-state index >= 15 is 0 Å². The third kappa shape index (κ3) is 6.44. The lowest BCUT2D eigenvalue weighted by Crippen LogP contribution is -2.20. The molecule has 0 aliphatic carbocycles. The smallest absolute Gasteiger partial charge is 0.0417 e. The van der Waals surface area contributed by atoms with Gasteiger partial charge in [-0.3, -0.25) is 0 Å². The fourth-order valence-electron chi connectivity index (χ4n) is 1.68. The van der Waals surface area contributed by atoms with Crippen molar-refractivity contribution in [3.05, 3.63) is 33.3 Å². The standard InChI is InChI=1S/C14H21BrClN/c1-11(2)10-17-8-4-3-5-12-6-7-13(16)9-14(12)15/h6-7,9,11,17H,3-5,8,10H2,1-2H3. The van der Waals surface area contributed by atoms with Gasteiger partial charge >= 0.3 is 0 Å². The van der Waals surface area contributed by atoms with Crippen LogP contribution in [0.1, 0.15) is 32.3 Å². The number of hydrogen-bond acceptors (Lipinski definition) is 1. The summed E-state index contributed by atoms with van der Waals surface area (Å²) < 4.78 is 1.13. The van der Waals surface area contributed by atoms with E-state index in [0.29, 0.717) is 0 Å². The highest BCUT2D eigenvalue weighted by Gasteiger charge is 2.00. The summed E-state index contributed by atoms with van der Waals surface area (Å²) in [4.78, 5) is 0. The van der Waals surface area contributed by atoms with E-state index in [4.69, 9.17) is 11.6 Å². The Kier molecular flexibility index (Phi) is 7.17. The number of unbranched alkanes of at least 4 members (excludes halogenated alkanes) is 1. The Balaban J connectivity index is 2.18. The first-order valence-electron chi connectivity index (χ1n) is 6.24. The fourth-order valence-corrected chi connectivity index (χ4v) is 2.56. The molecule has 17 heavy (non-hydrogen) atoms. The minimum absolute atomic E-state index is 0.736. The Morgan fingerprint density at radius 1 is 1.29 bits per heavy atom. The number of rotatable bonds is 7. The predicted molar refractivity (Wildman–Crippen MR) is 79.8 cm³/mol. The SMILES string of the molecule is CC(C)CNCCCCc1ccc(Cl)cc1Br. The molecule has 1 aromatic rings. The van der Waals surface area contributed by atoms with Gasteiger partial charge in [-0.15, -0.1) is 0 Å². The van der Waals surface area contributed by atoms with Crippen molar-refractivity contribution in [2.24, 2.45) is 5.92 Å². The monoisotopic (exact) mass is 317 g/mol. The van der Waals surface area contributed by atoms with Gasteiger partial charge in [0.05, 0.1) is 0 Å². The van der Waals surface area contributed by atoms with E-state index in [1.54, 1.807) is 0 Å². The minimum atomic E-state index is 0.736. The highest BCUT2D eigenvalue weighted by Crippen LogP contribution is 2.22. The van der Waals surface area contributed by atoms with Crippen LogP contribution in [0.4, 0.5) is 0 Å². The van der Waals surface area contributed by atoms with E-state index in [1.807, 2.05) is 12.1 Å². The van der Waals surface area contributed by atoms with Crippen molar-refractivity contribution in [2.75, 3.05) is 13.1 Å². The van der Waals surface area contributed by atoms with Gasteiger partial charge in [-0.2, -0.15) is 0 Å². The molecule has 3 heteroatoms. The molecule has 0 unspecified atom stereocenters. The van der Waals surface area contributed by atoms with Gasteiger partial charge in [0.1, 0.15) is 0 Å². The van der Waals surface area contributed by atoms with E-state index in [9.17, 15) is 0 Å². The Hall–Kier alpha value is -0.0500. The summed E-state index contributed by atoms with van der Waals surface area (Å²) in [6.45, 7) is 6.70. The molecule has 0 aromatic heterocycles. The zero-order chi connectivity index (χ0) is 12.7. The summed E-state index contributed by atoms with van der Waals surface area (Å²) in [6, 6.07) is 6.03. The van der Waals surface area contributed by atoms with Crippen molar-refractivity contribution in [3.8, 4) is 0 Å². The fraction of sp³-hybridized carbons (Fsp3) is 0.571. The maximum absolute atomic E-state index is 5.91. The first kappa shape index (κ1) is 15.0. The van der Waals surface area contributed by atoms with Crippen LogP contribution in [0.15, 0.2) is 22.7 Å². The molecule has 1 N–H and O–H groups in total. The van der Waals surface area contributed by atoms with Gasteiger partial charge in [0.15, 0.2) is 0 Å². The van der Waals surface area contributed by atoms with Crippen molar-refractivity contribution in [3.63, 3.8) is 0 Å². The second kappa shape index (κ2) is 8.12. The average Bonchev–Trinajstić information content (AvgIpc) is 2.25. The van der Waals surface area contributed by atoms with E-state index in [0.717, 1.165) is 34.9 Å². The zero-order valence-corrected chi connectivity index (χ0v) is 12.9. The van der Waals surface area contributed by atoms with Crippen LogP contribution in [-0.2, 0) is 6.42 Å². The molecule has 0 saturated carbocycles. The Morgan fingerprint density at radius 3 is 2.71 bits per heavy atom. The molecule has 1 aromatic carbocycles. The van der Waals surface area contributed by atoms with Crippen molar-refractivity contribution >= 4 is 27.5 Å². The van der Waals surface area contributed by atoms with Gasteiger partial charge in [-0.05, 0) is 56.0 Å². The normalized spacial score (nSPS) is 11.1. The summed E-state index contributed by atoms with van der Waals surface area (Å²) in [5, 5.41) is 4.25. The quantitative estimate of drug-likeness (QED) is 0.720. The second-order valence-corrected chi connectivity index (χ2v) is 6.08. The van der Waals surface area contributed by atoms with Crippen LogP contribution < -0.4 is 5.32 Å². The molecule has 1 rings (SSSR count). The maximum Gasteiger partial charge on any atom is 0.0417 e. The molecule has 0 saturated heterocycles. The van der Waals surface area contributed by atoms with Crippen molar-refractivity contribution in [1.29, 1.82) is 0 Å². The molecule has 0 heterocycles. The molecule has 0 aliphatic rings. The summed E-state index contributed by atoms with van der Waals surface area (Å²) in [7, 11) is 0. The van der Waals surface area contributed by atoms with Crippen LogP contribution in [0.3, 0.4) is 0 Å². The number of nitrogens with one attached hydrogen (secondary N) is 1. The molecule has 0 radical (unpaired) electrons. The summed E-state index contributed by atoms with van der Waals surface area (Å²) in [5.41, 5.74) is 1.35. The highest BCUT2D eigenvalue weighted by molar-refractivity contribution is 9.10. The number of hydrogen-bond donors (Lipinski definition) is 1. The van der Waals surface area contributed by atoms with Crippen molar-refractivity contribution < 1.29 is 0 Å². The van der Waals surface area contributed by atoms with Gasteiger partial charge in [-0.25, -0.2) is 0 Å². The van der Waals surface area contributed by atoms with Gasteiger partial charge in [0.25, 0.3) is 0 Å². The lowest BCUT2D eigenvalue weighted by atomic mass is 10.1. The number of benzene rings is 1.